The van der Waals surface area contributed by atoms with Gasteiger partial charge in [-0.2, -0.15) is 4.57 Å². The summed E-state index contributed by atoms with van der Waals surface area (Å²) < 4.78 is 2.23. The van der Waals surface area contributed by atoms with E-state index in [1.54, 1.807) is 0 Å². The molecule has 1 rings (SSSR count). The normalized spacial score (nSPS) is 12.6. The van der Waals surface area contributed by atoms with Gasteiger partial charge in [0, 0.05) is 18.6 Å². The number of hydrogen-bond acceptors (Lipinski definition) is 0. The van der Waals surface area contributed by atoms with Crippen molar-refractivity contribution in [2.24, 2.45) is 0 Å². The maximum atomic E-state index is 3.73. The fraction of sp³-hybridized carbons (Fsp3) is 0.643. The molecule has 1 atom stereocenters. The van der Waals surface area contributed by atoms with Crippen LogP contribution in [0.25, 0.3) is 0 Å². The van der Waals surface area contributed by atoms with Crippen molar-refractivity contribution in [1.29, 1.82) is 0 Å². The number of alkyl halides is 1. The zero-order valence-electron chi connectivity index (χ0n) is 10.2. The van der Waals surface area contributed by atoms with Crippen LogP contribution >= 0.6 is 15.9 Å². The van der Waals surface area contributed by atoms with E-state index in [1.807, 2.05) is 0 Å². The number of rotatable bonds is 8. The van der Waals surface area contributed by atoms with Crippen molar-refractivity contribution >= 4 is 15.9 Å². The number of unbranched alkanes of at least 4 members (excludes halogenated alkanes) is 5. The van der Waals surface area contributed by atoms with Crippen molar-refractivity contribution < 1.29 is 4.57 Å². The fourth-order valence-electron chi connectivity index (χ4n) is 1.84. The summed E-state index contributed by atoms with van der Waals surface area (Å²) in [7, 11) is 0. The molecule has 0 aliphatic heterocycles. The lowest BCUT2D eigenvalue weighted by atomic mass is 10.1. The van der Waals surface area contributed by atoms with Gasteiger partial charge < -0.3 is 0 Å². The summed E-state index contributed by atoms with van der Waals surface area (Å²) in [6.07, 6.45) is 13.7. The van der Waals surface area contributed by atoms with Crippen molar-refractivity contribution in [1.82, 2.24) is 0 Å². The Balaban J connectivity index is 2.09. The van der Waals surface area contributed by atoms with Crippen LogP contribution in [0.5, 0.6) is 0 Å². The van der Waals surface area contributed by atoms with Gasteiger partial charge in [-0.1, -0.05) is 45.1 Å². The zero-order valence-corrected chi connectivity index (χ0v) is 11.8. The zero-order chi connectivity index (χ0) is 11.6. The van der Waals surface area contributed by atoms with Crippen LogP contribution in [0.4, 0.5) is 0 Å². The molecule has 0 amide bonds. The molecule has 0 saturated carbocycles. The standard InChI is InChI=1S/C14H23BrN/c1-2-3-4-5-6-8-11-14(15)16-12-9-7-10-13-16/h7,9-10,12-14H,2-6,8,11H2,1H3/q+1. The van der Waals surface area contributed by atoms with Crippen LogP contribution in [0.2, 0.25) is 0 Å². The average molecular weight is 285 g/mol. The van der Waals surface area contributed by atoms with Crippen molar-refractivity contribution in [3.63, 3.8) is 0 Å². The summed E-state index contributed by atoms with van der Waals surface area (Å²) in [4.78, 5) is 0.458. The molecule has 0 radical (unpaired) electrons. The van der Waals surface area contributed by atoms with Crippen LogP contribution < -0.4 is 4.57 Å². The average Bonchev–Trinajstić information content (AvgIpc) is 2.34. The summed E-state index contributed by atoms with van der Waals surface area (Å²) in [5, 5.41) is 0. The molecule has 0 N–H and O–H groups in total. The van der Waals surface area contributed by atoms with Gasteiger partial charge in [0.15, 0.2) is 12.4 Å². The molecule has 0 saturated heterocycles. The van der Waals surface area contributed by atoms with E-state index in [2.05, 4.69) is 58.0 Å². The monoisotopic (exact) mass is 284 g/mol. The van der Waals surface area contributed by atoms with E-state index in [0.717, 1.165) is 0 Å². The molecule has 2 heteroatoms. The first-order chi connectivity index (χ1) is 7.84. The molecule has 1 unspecified atom stereocenters. The first-order valence-electron chi connectivity index (χ1n) is 6.44. The Morgan fingerprint density at radius 3 is 2.25 bits per heavy atom. The van der Waals surface area contributed by atoms with Gasteiger partial charge in [0.1, 0.15) is 0 Å². The minimum atomic E-state index is 0.458. The molecule has 0 spiro atoms. The Kier molecular flexibility index (Phi) is 7.48. The van der Waals surface area contributed by atoms with E-state index in [9.17, 15) is 0 Å². The summed E-state index contributed by atoms with van der Waals surface area (Å²) in [6.45, 7) is 2.26. The Labute approximate surface area is 108 Å². The van der Waals surface area contributed by atoms with Crippen LogP contribution in [0.3, 0.4) is 0 Å². The number of aromatic nitrogens is 1. The molecule has 1 aromatic heterocycles. The Morgan fingerprint density at radius 2 is 1.56 bits per heavy atom. The molecule has 0 aromatic carbocycles. The van der Waals surface area contributed by atoms with E-state index in [0.29, 0.717) is 4.95 Å². The fourth-order valence-corrected chi connectivity index (χ4v) is 2.44. The van der Waals surface area contributed by atoms with Crippen LogP contribution in [-0.2, 0) is 0 Å². The molecule has 0 aliphatic carbocycles. The van der Waals surface area contributed by atoms with E-state index >= 15 is 0 Å². The smallest absolute Gasteiger partial charge is 0.192 e. The van der Waals surface area contributed by atoms with Gasteiger partial charge in [-0.3, -0.25) is 0 Å². The molecule has 0 fully saturated rings. The highest BCUT2D eigenvalue weighted by atomic mass is 79.9. The topological polar surface area (TPSA) is 3.88 Å². The Morgan fingerprint density at radius 1 is 0.938 bits per heavy atom. The van der Waals surface area contributed by atoms with Crippen molar-refractivity contribution in [3.8, 4) is 0 Å². The maximum absolute atomic E-state index is 3.73. The summed E-state index contributed by atoms with van der Waals surface area (Å²) >= 11 is 3.73. The minimum absolute atomic E-state index is 0.458. The molecule has 1 nitrogen and oxygen atoms in total. The van der Waals surface area contributed by atoms with E-state index in [4.69, 9.17) is 0 Å². The summed E-state index contributed by atoms with van der Waals surface area (Å²) in [5.74, 6) is 0. The highest BCUT2D eigenvalue weighted by Crippen LogP contribution is 2.17. The quantitative estimate of drug-likeness (QED) is 0.373. The second-order valence-corrected chi connectivity index (χ2v) is 5.37. The lowest BCUT2D eigenvalue weighted by molar-refractivity contribution is -0.698. The third-order valence-corrected chi connectivity index (χ3v) is 3.79. The molecule has 16 heavy (non-hydrogen) atoms. The van der Waals surface area contributed by atoms with Gasteiger partial charge in [0.05, 0.1) is 0 Å². The first-order valence-corrected chi connectivity index (χ1v) is 7.36. The lowest BCUT2D eigenvalue weighted by Gasteiger charge is -2.05. The van der Waals surface area contributed by atoms with Crippen LogP contribution in [0.1, 0.15) is 56.8 Å². The second kappa shape index (κ2) is 8.74. The number of hydrogen-bond donors (Lipinski definition) is 0. The van der Waals surface area contributed by atoms with Crippen molar-refractivity contribution in [3.05, 3.63) is 30.6 Å². The largest absolute Gasteiger partial charge is 0.211 e. The van der Waals surface area contributed by atoms with E-state index < -0.39 is 0 Å². The highest BCUT2D eigenvalue weighted by Gasteiger charge is 2.11. The second-order valence-electron chi connectivity index (χ2n) is 4.31. The summed E-state index contributed by atoms with van der Waals surface area (Å²) in [5.41, 5.74) is 0. The maximum Gasteiger partial charge on any atom is 0.211 e. The SMILES string of the molecule is CCCCCCCCC(Br)[n+]1ccccc1. The van der Waals surface area contributed by atoms with Crippen LogP contribution in [-0.4, -0.2) is 0 Å². The van der Waals surface area contributed by atoms with Crippen LogP contribution in [0.15, 0.2) is 30.6 Å². The lowest BCUT2D eigenvalue weighted by Crippen LogP contribution is -2.34. The molecule has 1 aromatic rings. The number of halogens is 1. The van der Waals surface area contributed by atoms with Crippen molar-refractivity contribution in [2.75, 3.05) is 0 Å². The number of nitrogens with zero attached hydrogens (tertiary/aromatic N) is 1. The molecular formula is C14H23BrN+. The molecule has 0 bridgehead atoms. The third kappa shape index (κ3) is 5.64. The Bertz CT molecular complexity index is 261. The van der Waals surface area contributed by atoms with Crippen molar-refractivity contribution in [2.45, 2.75) is 56.8 Å². The van der Waals surface area contributed by atoms with Crippen LogP contribution in [0, 0.1) is 0 Å². The van der Waals surface area contributed by atoms with Gasteiger partial charge in [-0.25, -0.2) is 0 Å². The molecule has 0 aliphatic rings. The van der Waals surface area contributed by atoms with Gasteiger partial charge in [-0.15, -0.1) is 0 Å². The highest BCUT2D eigenvalue weighted by molar-refractivity contribution is 9.09. The molecule has 1 heterocycles. The van der Waals surface area contributed by atoms with E-state index in [1.165, 1.54) is 44.9 Å². The van der Waals surface area contributed by atoms with Gasteiger partial charge in [0.25, 0.3) is 0 Å². The number of pyridine rings is 1. The predicted octanol–water partition coefficient (Wildman–Crippen LogP) is 4.62. The first kappa shape index (κ1) is 13.7. The third-order valence-electron chi connectivity index (χ3n) is 2.86. The predicted molar refractivity (Wildman–Crippen MR) is 72.6 cm³/mol. The Hall–Kier alpha value is -0.370. The van der Waals surface area contributed by atoms with Gasteiger partial charge in [0.2, 0.25) is 4.95 Å². The van der Waals surface area contributed by atoms with Gasteiger partial charge >= 0.3 is 0 Å². The van der Waals surface area contributed by atoms with E-state index in [-0.39, 0.29) is 0 Å². The molecule has 90 valence electrons. The minimum Gasteiger partial charge on any atom is -0.192 e. The molecular weight excluding hydrogens is 262 g/mol. The summed E-state index contributed by atoms with van der Waals surface area (Å²) in [6, 6.07) is 6.21. The van der Waals surface area contributed by atoms with Gasteiger partial charge in [-0.05, 0) is 22.4 Å².